The van der Waals surface area contributed by atoms with Crippen LogP contribution in [0.25, 0.3) is 0 Å². The number of Topliss-reactive ketones (excluding diaryl/α,β-unsaturated/α-hetero) is 1. The number of amides is 1. The monoisotopic (exact) mass is 250 g/mol. The lowest BCUT2D eigenvalue weighted by Gasteiger charge is -1.99. The van der Waals surface area contributed by atoms with Crippen molar-refractivity contribution in [3.05, 3.63) is 39.9 Å². The molecule has 0 aromatic carbocycles. The number of hydrogen-bond acceptors (Lipinski definition) is 5. The molecule has 88 valence electrons. The van der Waals surface area contributed by atoms with Gasteiger partial charge in [-0.3, -0.25) is 9.59 Å². The van der Waals surface area contributed by atoms with Gasteiger partial charge in [0, 0.05) is 6.07 Å². The van der Waals surface area contributed by atoms with Gasteiger partial charge in [0.05, 0.1) is 16.3 Å². The minimum absolute atomic E-state index is 0.0365. The molecule has 0 radical (unpaired) electrons. The molecule has 0 bridgehead atoms. The first kappa shape index (κ1) is 11.5. The molecule has 2 aromatic heterocycles. The summed E-state index contributed by atoms with van der Waals surface area (Å²) in [5.41, 5.74) is 0.654. The maximum atomic E-state index is 11.7. The number of ketones is 1. The van der Waals surface area contributed by atoms with E-state index in [1.807, 2.05) is 0 Å². The van der Waals surface area contributed by atoms with E-state index in [0.29, 0.717) is 22.0 Å². The molecule has 5 nitrogen and oxygen atoms in total. The molecule has 0 aliphatic heterocycles. The van der Waals surface area contributed by atoms with Gasteiger partial charge >= 0.3 is 0 Å². The van der Waals surface area contributed by atoms with Crippen LogP contribution in [0.2, 0.25) is 0 Å². The normalized spacial score (nSPS) is 10.2. The van der Waals surface area contributed by atoms with E-state index in [4.69, 9.17) is 0 Å². The van der Waals surface area contributed by atoms with Crippen molar-refractivity contribution in [3.63, 3.8) is 0 Å². The average molecular weight is 250 g/mol. The molecule has 0 spiro atoms. The number of aromatic nitrogens is 1. The minimum atomic E-state index is -0.217. The fourth-order valence-electron chi connectivity index (χ4n) is 1.24. The zero-order valence-electron chi connectivity index (χ0n) is 9.10. The summed E-state index contributed by atoms with van der Waals surface area (Å²) in [6.45, 7) is 1.78. The predicted octanol–water partition coefficient (Wildman–Crippen LogP) is 1.87. The van der Waals surface area contributed by atoms with Crippen LogP contribution in [0.5, 0.6) is 0 Å². The Balaban J connectivity index is 1.97. The topological polar surface area (TPSA) is 72.2 Å². The largest absolute Gasteiger partial charge is 0.364 e. The standard InChI is InChI=1S/C11H10N2O3S/c1-7(14)9-2-3-10(17-9)11(15)12-6-8-4-5-16-13-8/h2-5H,6H2,1H3,(H,12,15). The molecule has 1 amide bonds. The number of rotatable bonds is 4. The third-order valence-electron chi connectivity index (χ3n) is 2.10. The Kier molecular flexibility index (Phi) is 3.34. The van der Waals surface area contributed by atoms with Crippen LogP contribution in [-0.4, -0.2) is 16.8 Å². The molecule has 2 aromatic rings. The van der Waals surface area contributed by atoms with Crippen LogP contribution in [0.3, 0.4) is 0 Å². The summed E-state index contributed by atoms with van der Waals surface area (Å²) in [6, 6.07) is 4.97. The molecule has 17 heavy (non-hydrogen) atoms. The molecule has 1 N–H and O–H groups in total. The Morgan fingerprint density at radius 2 is 2.12 bits per heavy atom. The first-order chi connectivity index (χ1) is 8.16. The minimum Gasteiger partial charge on any atom is -0.364 e. The van der Waals surface area contributed by atoms with Crippen LogP contribution in [0.15, 0.2) is 29.0 Å². The van der Waals surface area contributed by atoms with E-state index in [1.165, 1.54) is 24.5 Å². The summed E-state index contributed by atoms with van der Waals surface area (Å²) in [5.74, 6) is -0.254. The second-order valence-electron chi connectivity index (χ2n) is 3.39. The molecule has 2 rings (SSSR count). The van der Waals surface area contributed by atoms with E-state index < -0.39 is 0 Å². The lowest BCUT2D eigenvalue weighted by atomic mass is 10.3. The van der Waals surface area contributed by atoms with E-state index in [-0.39, 0.29) is 11.7 Å². The van der Waals surface area contributed by atoms with Gasteiger partial charge in [-0.15, -0.1) is 11.3 Å². The van der Waals surface area contributed by atoms with Crippen LogP contribution in [0, 0.1) is 0 Å². The molecule has 0 saturated heterocycles. The van der Waals surface area contributed by atoms with Gasteiger partial charge in [0.25, 0.3) is 5.91 Å². The Morgan fingerprint density at radius 1 is 1.35 bits per heavy atom. The summed E-state index contributed by atoms with van der Waals surface area (Å²) in [7, 11) is 0. The third-order valence-corrected chi connectivity index (χ3v) is 3.28. The van der Waals surface area contributed by atoms with Crippen molar-refractivity contribution in [1.82, 2.24) is 10.5 Å². The van der Waals surface area contributed by atoms with Crippen molar-refractivity contribution in [3.8, 4) is 0 Å². The molecule has 0 aliphatic carbocycles. The van der Waals surface area contributed by atoms with Crippen LogP contribution in [0.1, 0.15) is 32.0 Å². The SMILES string of the molecule is CC(=O)c1ccc(C(=O)NCc2ccon2)s1. The van der Waals surface area contributed by atoms with E-state index in [0.717, 1.165) is 0 Å². The Hall–Kier alpha value is -1.95. The van der Waals surface area contributed by atoms with Crippen molar-refractivity contribution in [2.45, 2.75) is 13.5 Å². The summed E-state index contributed by atoms with van der Waals surface area (Å²) < 4.78 is 4.64. The highest BCUT2D eigenvalue weighted by molar-refractivity contribution is 7.15. The first-order valence-electron chi connectivity index (χ1n) is 4.95. The van der Waals surface area contributed by atoms with Crippen molar-refractivity contribution in [2.75, 3.05) is 0 Å². The fraction of sp³-hybridized carbons (Fsp3) is 0.182. The zero-order chi connectivity index (χ0) is 12.3. The third kappa shape index (κ3) is 2.79. The summed E-state index contributed by atoms with van der Waals surface area (Å²) in [4.78, 5) is 23.9. The fourth-order valence-corrected chi connectivity index (χ4v) is 2.05. The van der Waals surface area contributed by atoms with Gasteiger partial charge in [0.2, 0.25) is 0 Å². The molecular formula is C11H10N2O3S. The number of hydrogen-bond donors (Lipinski definition) is 1. The van der Waals surface area contributed by atoms with E-state index >= 15 is 0 Å². The predicted molar refractivity (Wildman–Crippen MR) is 62.0 cm³/mol. The van der Waals surface area contributed by atoms with Crippen LogP contribution < -0.4 is 5.32 Å². The number of thiophene rings is 1. The Bertz CT molecular complexity index is 531. The van der Waals surface area contributed by atoms with E-state index in [1.54, 1.807) is 18.2 Å². The van der Waals surface area contributed by atoms with Gasteiger partial charge < -0.3 is 9.84 Å². The second-order valence-corrected chi connectivity index (χ2v) is 4.48. The molecule has 2 heterocycles. The summed E-state index contributed by atoms with van der Waals surface area (Å²) in [6.07, 6.45) is 1.44. The van der Waals surface area contributed by atoms with Gasteiger partial charge in [-0.05, 0) is 19.1 Å². The molecule has 0 saturated carbocycles. The molecule has 6 heteroatoms. The van der Waals surface area contributed by atoms with Crippen LogP contribution in [-0.2, 0) is 6.54 Å². The number of nitrogens with one attached hydrogen (secondary N) is 1. The van der Waals surface area contributed by atoms with E-state index in [9.17, 15) is 9.59 Å². The van der Waals surface area contributed by atoms with Crippen molar-refractivity contribution in [2.24, 2.45) is 0 Å². The first-order valence-corrected chi connectivity index (χ1v) is 5.76. The van der Waals surface area contributed by atoms with Crippen molar-refractivity contribution >= 4 is 23.0 Å². The van der Waals surface area contributed by atoms with Gasteiger partial charge in [0.1, 0.15) is 12.0 Å². The lowest BCUT2D eigenvalue weighted by Crippen LogP contribution is -2.21. The Morgan fingerprint density at radius 3 is 2.71 bits per heavy atom. The quantitative estimate of drug-likeness (QED) is 0.841. The maximum Gasteiger partial charge on any atom is 0.261 e. The maximum absolute atomic E-state index is 11.7. The smallest absolute Gasteiger partial charge is 0.261 e. The lowest BCUT2D eigenvalue weighted by molar-refractivity contribution is 0.0953. The van der Waals surface area contributed by atoms with Crippen LogP contribution in [0.4, 0.5) is 0 Å². The highest BCUT2D eigenvalue weighted by Gasteiger charge is 2.11. The van der Waals surface area contributed by atoms with Crippen molar-refractivity contribution < 1.29 is 14.1 Å². The second kappa shape index (κ2) is 4.92. The van der Waals surface area contributed by atoms with Gasteiger partial charge in [-0.25, -0.2) is 0 Å². The molecular weight excluding hydrogens is 240 g/mol. The van der Waals surface area contributed by atoms with Gasteiger partial charge in [0.15, 0.2) is 5.78 Å². The molecule has 0 aliphatic rings. The highest BCUT2D eigenvalue weighted by Crippen LogP contribution is 2.16. The zero-order valence-corrected chi connectivity index (χ0v) is 9.91. The van der Waals surface area contributed by atoms with Crippen LogP contribution >= 0.6 is 11.3 Å². The number of nitrogens with zero attached hydrogens (tertiary/aromatic N) is 1. The summed E-state index contributed by atoms with van der Waals surface area (Å²) >= 11 is 1.18. The summed E-state index contributed by atoms with van der Waals surface area (Å²) in [5, 5.41) is 6.37. The highest BCUT2D eigenvalue weighted by atomic mass is 32.1. The van der Waals surface area contributed by atoms with Crippen molar-refractivity contribution in [1.29, 1.82) is 0 Å². The Labute approximate surface area is 101 Å². The molecule has 0 atom stereocenters. The van der Waals surface area contributed by atoms with E-state index in [2.05, 4.69) is 15.0 Å². The molecule has 0 fully saturated rings. The molecule has 0 unspecified atom stereocenters. The van der Waals surface area contributed by atoms with Gasteiger partial charge in [-0.2, -0.15) is 0 Å². The number of carbonyl (C=O) groups excluding carboxylic acids is 2. The van der Waals surface area contributed by atoms with Gasteiger partial charge in [-0.1, -0.05) is 5.16 Å². The average Bonchev–Trinajstić information content (AvgIpc) is 2.96. The number of carbonyl (C=O) groups is 2.